The number of carboxylic acids is 2. The third-order valence-electron chi connectivity index (χ3n) is 2.93. The molecule has 1 unspecified atom stereocenters. The molecule has 0 radical (unpaired) electrons. The zero-order chi connectivity index (χ0) is 18.8. The van der Waals surface area contributed by atoms with Crippen LogP contribution in [0.3, 0.4) is 0 Å². The van der Waals surface area contributed by atoms with Crippen LogP contribution in [0.2, 0.25) is 0 Å². The first-order chi connectivity index (χ1) is 11.8. The Balaban J connectivity index is 0.000000257. The van der Waals surface area contributed by atoms with Crippen LogP contribution in [-0.2, 0) is 16.0 Å². The molecule has 0 saturated carbocycles. The van der Waals surface area contributed by atoms with E-state index in [0.29, 0.717) is 11.3 Å². The van der Waals surface area contributed by atoms with Crippen molar-refractivity contribution in [2.24, 2.45) is 5.73 Å². The zero-order valence-corrected chi connectivity index (χ0v) is 13.4. The predicted molar refractivity (Wildman–Crippen MR) is 89.2 cm³/mol. The van der Waals surface area contributed by atoms with Gasteiger partial charge in [0.15, 0.2) is 11.5 Å². The first-order valence-corrected chi connectivity index (χ1v) is 7.07. The maximum atomic E-state index is 10.3. The number of H-pyrrole nitrogens is 1. The first-order valence-electron chi connectivity index (χ1n) is 7.07. The summed E-state index contributed by atoms with van der Waals surface area (Å²) >= 11 is 0. The Labute approximate surface area is 143 Å². The number of phenolic OH excluding ortho intramolecular Hbond substituents is 1. The number of hydrogen-bond donors (Lipinski definition) is 5. The van der Waals surface area contributed by atoms with E-state index in [2.05, 4.69) is 9.97 Å². The third kappa shape index (κ3) is 7.18. The average Bonchev–Trinajstić information content (AvgIpc) is 3.07. The lowest BCUT2D eigenvalue weighted by molar-refractivity contribution is -0.138. The summed E-state index contributed by atoms with van der Waals surface area (Å²) in [5, 5.41) is 26.1. The number of nitrogens with one attached hydrogen (secondary N) is 1. The van der Waals surface area contributed by atoms with Crippen molar-refractivity contribution < 1.29 is 29.6 Å². The van der Waals surface area contributed by atoms with E-state index in [1.165, 1.54) is 25.6 Å². The fourth-order valence-electron chi connectivity index (χ4n) is 1.69. The molecule has 1 aromatic carbocycles. The second-order valence-corrected chi connectivity index (χ2v) is 4.83. The molecule has 1 heterocycles. The highest BCUT2D eigenvalue weighted by molar-refractivity contribution is 5.85. The van der Waals surface area contributed by atoms with E-state index in [4.69, 9.17) is 20.7 Å². The average molecular weight is 349 g/mol. The minimum atomic E-state index is -1.02. The summed E-state index contributed by atoms with van der Waals surface area (Å²) in [7, 11) is 1.43. The molecular weight excluding hydrogens is 330 g/mol. The molecule has 0 spiro atoms. The van der Waals surface area contributed by atoms with E-state index in [1.54, 1.807) is 18.3 Å². The van der Waals surface area contributed by atoms with Gasteiger partial charge in [-0.25, -0.2) is 9.78 Å². The highest BCUT2D eigenvalue weighted by Gasteiger charge is 2.12. The van der Waals surface area contributed by atoms with Gasteiger partial charge in [-0.3, -0.25) is 4.79 Å². The van der Waals surface area contributed by atoms with Crippen molar-refractivity contribution in [3.05, 3.63) is 48.1 Å². The molecule has 2 rings (SSSR count). The van der Waals surface area contributed by atoms with Gasteiger partial charge in [0, 0.05) is 24.4 Å². The normalized spacial score (nSPS) is 11.4. The Hall–Kier alpha value is -3.33. The van der Waals surface area contributed by atoms with Crippen molar-refractivity contribution in [2.75, 3.05) is 7.11 Å². The number of benzene rings is 1. The molecule has 6 N–H and O–H groups in total. The standard InChI is InChI=1S/C10H10O4.C6H9N3O2/c1-14-9-6-7(2-4-8(9)11)3-5-10(12)13;7-5(6(10)11)1-4-2-8-3-9-4/h2-6,11H,1H3,(H,12,13);2-3,5H,1,7H2,(H,8,9)(H,10,11)/b5-3+;. The van der Waals surface area contributed by atoms with Crippen LogP contribution in [-0.4, -0.2) is 50.4 Å². The lowest BCUT2D eigenvalue weighted by Crippen LogP contribution is -2.32. The molecule has 0 fully saturated rings. The van der Waals surface area contributed by atoms with Gasteiger partial charge in [-0.15, -0.1) is 0 Å². The van der Waals surface area contributed by atoms with Gasteiger partial charge in [0.25, 0.3) is 0 Å². The van der Waals surface area contributed by atoms with Gasteiger partial charge in [0.2, 0.25) is 0 Å². The Kier molecular flexibility index (Phi) is 7.67. The summed E-state index contributed by atoms with van der Waals surface area (Å²) in [6.07, 6.45) is 5.78. The summed E-state index contributed by atoms with van der Waals surface area (Å²) in [5.74, 6) is -1.67. The number of aromatic nitrogens is 2. The molecule has 0 aliphatic heterocycles. The number of hydrogen-bond acceptors (Lipinski definition) is 6. The van der Waals surface area contributed by atoms with Gasteiger partial charge in [0.05, 0.1) is 13.4 Å². The van der Waals surface area contributed by atoms with E-state index in [-0.39, 0.29) is 12.2 Å². The molecule has 9 nitrogen and oxygen atoms in total. The molecule has 1 atom stereocenters. The van der Waals surface area contributed by atoms with Gasteiger partial charge < -0.3 is 30.8 Å². The van der Waals surface area contributed by atoms with Crippen LogP contribution in [0.1, 0.15) is 11.3 Å². The quantitative estimate of drug-likeness (QED) is 0.480. The number of aliphatic carboxylic acids is 2. The van der Waals surface area contributed by atoms with Crippen molar-refractivity contribution in [1.82, 2.24) is 9.97 Å². The zero-order valence-electron chi connectivity index (χ0n) is 13.4. The highest BCUT2D eigenvalue weighted by atomic mass is 16.5. The minimum Gasteiger partial charge on any atom is -0.504 e. The van der Waals surface area contributed by atoms with E-state index in [9.17, 15) is 14.7 Å². The number of nitrogens with two attached hydrogens (primary N) is 1. The third-order valence-corrected chi connectivity index (χ3v) is 2.93. The maximum absolute atomic E-state index is 10.3. The van der Waals surface area contributed by atoms with Crippen LogP contribution < -0.4 is 10.5 Å². The number of phenols is 1. The van der Waals surface area contributed by atoms with Crippen LogP contribution in [0.5, 0.6) is 11.5 Å². The van der Waals surface area contributed by atoms with Gasteiger partial charge in [-0.05, 0) is 23.8 Å². The number of rotatable bonds is 6. The lowest BCUT2D eigenvalue weighted by Gasteiger charge is -2.03. The number of ether oxygens (including phenoxy) is 1. The number of imidazole rings is 1. The van der Waals surface area contributed by atoms with Crippen molar-refractivity contribution in [3.63, 3.8) is 0 Å². The topological polar surface area (TPSA) is 159 Å². The van der Waals surface area contributed by atoms with Gasteiger partial charge in [0.1, 0.15) is 6.04 Å². The summed E-state index contributed by atoms with van der Waals surface area (Å²) in [6, 6.07) is 3.74. The van der Waals surface area contributed by atoms with E-state index < -0.39 is 18.0 Å². The molecule has 134 valence electrons. The summed E-state index contributed by atoms with van der Waals surface area (Å²) in [5.41, 5.74) is 6.65. The molecule has 0 amide bonds. The second kappa shape index (κ2) is 9.73. The Morgan fingerprint density at radius 3 is 2.64 bits per heavy atom. The first kappa shape index (κ1) is 19.7. The molecule has 0 saturated heterocycles. The number of nitrogens with zero attached hydrogens (tertiary/aromatic N) is 1. The fraction of sp³-hybridized carbons (Fsp3) is 0.188. The SMILES string of the molecule is COc1cc(/C=C/C(=O)O)ccc1O.NC(Cc1cnc[nH]1)C(=O)O. The van der Waals surface area contributed by atoms with Gasteiger partial charge >= 0.3 is 11.9 Å². The van der Waals surface area contributed by atoms with Crippen LogP contribution >= 0.6 is 0 Å². The van der Waals surface area contributed by atoms with E-state index in [1.807, 2.05) is 0 Å². The molecule has 0 bridgehead atoms. The minimum absolute atomic E-state index is 0.0278. The Morgan fingerprint density at radius 1 is 1.40 bits per heavy atom. The van der Waals surface area contributed by atoms with E-state index >= 15 is 0 Å². The second-order valence-electron chi connectivity index (χ2n) is 4.83. The lowest BCUT2D eigenvalue weighted by atomic mass is 10.2. The van der Waals surface area contributed by atoms with Crippen molar-refractivity contribution in [3.8, 4) is 11.5 Å². The summed E-state index contributed by atoms with van der Waals surface area (Å²) in [6.45, 7) is 0. The van der Waals surface area contributed by atoms with Gasteiger partial charge in [-0.1, -0.05) is 6.07 Å². The van der Waals surface area contributed by atoms with Crippen LogP contribution in [0.25, 0.3) is 6.08 Å². The maximum Gasteiger partial charge on any atom is 0.328 e. The summed E-state index contributed by atoms with van der Waals surface area (Å²) in [4.78, 5) is 27.0. The predicted octanol–water partition coefficient (Wildman–Crippen LogP) is 0.863. The Bertz CT molecular complexity index is 727. The molecule has 2 aromatic rings. The molecule has 1 aromatic heterocycles. The largest absolute Gasteiger partial charge is 0.504 e. The monoisotopic (exact) mass is 349 g/mol. The molecule has 0 aliphatic carbocycles. The molecule has 0 aliphatic rings. The smallest absolute Gasteiger partial charge is 0.328 e. The van der Waals surface area contributed by atoms with Crippen LogP contribution in [0, 0.1) is 0 Å². The highest BCUT2D eigenvalue weighted by Crippen LogP contribution is 2.26. The van der Waals surface area contributed by atoms with Crippen LogP contribution in [0.4, 0.5) is 0 Å². The molecule has 25 heavy (non-hydrogen) atoms. The Morgan fingerprint density at radius 2 is 2.12 bits per heavy atom. The summed E-state index contributed by atoms with van der Waals surface area (Å²) < 4.78 is 4.86. The van der Waals surface area contributed by atoms with E-state index in [0.717, 1.165) is 11.8 Å². The number of carboxylic acid groups (broad SMARTS) is 2. The number of carbonyl (C=O) groups is 2. The number of aromatic amines is 1. The van der Waals surface area contributed by atoms with Crippen molar-refractivity contribution in [2.45, 2.75) is 12.5 Å². The van der Waals surface area contributed by atoms with Crippen molar-refractivity contribution >= 4 is 18.0 Å². The number of methoxy groups -OCH3 is 1. The van der Waals surface area contributed by atoms with Crippen molar-refractivity contribution in [1.29, 1.82) is 0 Å². The van der Waals surface area contributed by atoms with Gasteiger partial charge in [-0.2, -0.15) is 0 Å². The molecular formula is C16H19N3O6. The number of aromatic hydroxyl groups is 1. The molecule has 9 heteroatoms. The fourth-order valence-corrected chi connectivity index (χ4v) is 1.69. The van der Waals surface area contributed by atoms with Crippen LogP contribution in [0.15, 0.2) is 36.8 Å².